The average molecular weight is 301 g/mol. The fourth-order valence-corrected chi connectivity index (χ4v) is 3.16. The van der Waals surface area contributed by atoms with Crippen molar-refractivity contribution in [3.8, 4) is 0 Å². The molecule has 1 saturated heterocycles. The fourth-order valence-electron chi connectivity index (χ4n) is 2.23. The Morgan fingerprint density at radius 3 is 1.85 bits per heavy atom. The summed E-state index contributed by atoms with van der Waals surface area (Å²) in [6, 6.07) is 3.46. The van der Waals surface area contributed by atoms with Gasteiger partial charge in [-0.1, -0.05) is 17.7 Å². The van der Waals surface area contributed by atoms with Crippen LogP contribution in [-0.2, 0) is 14.9 Å². The van der Waals surface area contributed by atoms with Crippen LogP contribution in [0.25, 0.3) is 0 Å². The number of ether oxygens (including phenoxy) is 1. The molecular weight excluding hydrogens is 278 g/mol. The number of morpholine rings is 1. The van der Waals surface area contributed by atoms with Crippen LogP contribution in [0.5, 0.6) is 0 Å². The van der Waals surface area contributed by atoms with Gasteiger partial charge in [-0.2, -0.15) is 8.42 Å². The molecule has 1 fully saturated rings. The molecule has 20 heavy (non-hydrogen) atoms. The van der Waals surface area contributed by atoms with Crippen molar-refractivity contribution in [3.05, 3.63) is 28.8 Å². The third-order valence-electron chi connectivity index (χ3n) is 3.10. The van der Waals surface area contributed by atoms with Gasteiger partial charge in [0.1, 0.15) is 0 Å². The summed E-state index contributed by atoms with van der Waals surface area (Å²) in [7, 11) is -1.97. The van der Waals surface area contributed by atoms with Crippen LogP contribution in [0.4, 0.5) is 0 Å². The quantitative estimate of drug-likeness (QED) is 0.801. The van der Waals surface area contributed by atoms with E-state index in [1.54, 1.807) is 26.0 Å². The number of hydrogen-bond donors (Lipinski definition) is 1. The number of nitrogens with zero attached hydrogens (tertiary/aromatic N) is 1. The van der Waals surface area contributed by atoms with Gasteiger partial charge in [0.15, 0.2) is 0 Å². The molecule has 0 aliphatic carbocycles. The topological polar surface area (TPSA) is 66.8 Å². The van der Waals surface area contributed by atoms with Gasteiger partial charge in [-0.15, -0.1) is 0 Å². The van der Waals surface area contributed by atoms with E-state index in [4.69, 9.17) is 9.29 Å². The zero-order valence-electron chi connectivity index (χ0n) is 12.5. The van der Waals surface area contributed by atoms with Gasteiger partial charge in [0.05, 0.1) is 18.1 Å². The predicted octanol–water partition coefficient (Wildman–Crippen LogP) is 1.81. The minimum absolute atomic E-state index is 0.0260. The van der Waals surface area contributed by atoms with Crippen molar-refractivity contribution in [3.63, 3.8) is 0 Å². The Hall–Kier alpha value is -0.950. The summed E-state index contributed by atoms with van der Waals surface area (Å²) >= 11 is 0. The largest absolute Gasteiger partial charge is 0.379 e. The SMILES string of the molecule is CN1CCOCC1.Cc1cc(C)c(S(=O)(=O)O)c(C)c1. The maximum Gasteiger partial charge on any atom is 0.295 e. The van der Waals surface area contributed by atoms with E-state index in [1.165, 1.54) is 0 Å². The lowest BCUT2D eigenvalue weighted by Gasteiger charge is -2.21. The molecule has 1 aliphatic heterocycles. The highest BCUT2D eigenvalue weighted by Gasteiger charge is 2.15. The fraction of sp³-hybridized carbons (Fsp3) is 0.571. The average Bonchev–Trinajstić information content (AvgIpc) is 2.27. The van der Waals surface area contributed by atoms with Crippen molar-refractivity contribution in [1.29, 1.82) is 0 Å². The van der Waals surface area contributed by atoms with E-state index in [2.05, 4.69) is 11.9 Å². The molecule has 114 valence electrons. The number of rotatable bonds is 1. The molecule has 0 spiro atoms. The smallest absolute Gasteiger partial charge is 0.295 e. The van der Waals surface area contributed by atoms with E-state index in [0.29, 0.717) is 11.1 Å². The van der Waals surface area contributed by atoms with Crippen molar-refractivity contribution >= 4 is 10.1 Å². The highest BCUT2D eigenvalue weighted by Crippen LogP contribution is 2.20. The molecule has 0 atom stereocenters. The molecular formula is C14H23NO4S. The minimum atomic E-state index is -4.08. The van der Waals surface area contributed by atoms with E-state index < -0.39 is 10.1 Å². The maximum absolute atomic E-state index is 10.9. The second kappa shape index (κ2) is 7.17. The molecule has 1 aromatic carbocycles. The van der Waals surface area contributed by atoms with Gasteiger partial charge >= 0.3 is 0 Å². The summed E-state index contributed by atoms with van der Waals surface area (Å²) in [5.41, 5.74) is 2.16. The van der Waals surface area contributed by atoms with Crippen LogP contribution in [-0.4, -0.2) is 51.2 Å². The molecule has 0 amide bonds. The molecule has 0 bridgehead atoms. The molecule has 1 aliphatic rings. The first-order valence-corrected chi connectivity index (χ1v) is 7.97. The van der Waals surface area contributed by atoms with Crippen LogP contribution in [0.1, 0.15) is 16.7 Å². The van der Waals surface area contributed by atoms with Crippen LogP contribution in [0.15, 0.2) is 17.0 Å². The number of benzene rings is 1. The Kier molecular flexibility index (Phi) is 6.13. The lowest BCUT2D eigenvalue weighted by atomic mass is 10.1. The van der Waals surface area contributed by atoms with Gasteiger partial charge in [0, 0.05) is 13.1 Å². The molecule has 0 unspecified atom stereocenters. The zero-order chi connectivity index (χ0) is 15.3. The van der Waals surface area contributed by atoms with Crippen molar-refractivity contribution in [2.75, 3.05) is 33.4 Å². The summed E-state index contributed by atoms with van der Waals surface area (Å²) in [6.45, 7) is 9.24. The molecule has 0 saturated carbocycles. The molecule has 0 radical (unpaired) electrons. The number of likely N-dealkylation sites (N-methyl/N-ethyl adjacent to an activating group) is 1. The van der Waals surface area contributed by atoms with E-state index in [9.17, 15) is 8.42 Å². The monoisotopic (exact) mass is 301 g/mol. The van der Waals surface area contributed by atoms with Crippen LogP contribution < -0.4 is 0 Å². The minimum Gasteiger partial charge on any atom is -0.379 e. The molecule has 1 aromatic rings. The summed E-state index contributed by atoms with van der Waals surface area (Å²) in [4.78, 5) is 2.29. The molecule has 6 heteroatoms. The van der Waals surface area contributed by atoms with Crippen LogP contribution in [0, 0.1) is 20.8 Å². The molecule has 2 rings (SSSR count). The molecule has 1 N–H and O–H groups in total. The molecule has 5 nitrogen and oxygen atoms in total. The Balaban J connectivity index is 0.000000240. The first-order chi connectivity index (χ1) is 9.21. The van der Waals surface area contributed by atoms with Crippen LogP contribution >= 0.6 is 0 Å². The third-order valence-corrected chi connectivity index (χ3v) is 4.26. The Labute approximate surface area is 121 Å². The van der Waals surface area contributed by atoms with E-state index in [-0.39, 0.29) is 4.90 Å². The Morgan fingerprint density at radius 1 is 1.10 bits per heavy atom. The summed E-state index contributed by atoms with van der Waals surface area (Å²) in [5.74, 6) is 0. The summed E-state index contributed by atoms with van der Waals surface area (Å²) < 4.78 is 35.9. The second-order valence-electron chi connectivity index (χ2n) is 5.12. The van der Waals surface area contributed by atoms with Crippen molar-refractivity contribution in [2.45, 2.75) is 25.7 Å². The van der Waals surface area contributed by atoms with Gasteiger partial charge in [-0.05, 0) is 38.9 Å². The van der Waals surface area contributed by atoms with Gasteiger partial charge in [0.25, 0.3) is 10.1 Å². The predicted molar refractivity (Wildman–Crippen MR) is 78.8 cm³/mol. The third kappa shape index (κ3) is 5.20. The lowest BCUT2D eigenvalue weighted by Crippen LogP contribution is -2.32. The van der Waals surface area contributed by atoms with Gasteiger partial charge in [0.2, 0.25) is 0 Å². The molecule has 1 heterocycles. The van der Waals surface area contributed by atoms with E-state index >= 15 is 0 Å². The molecule has 0 aromatic heterocycles. The van der Waals surface area contributed by atoms with Crippen LogP contribution in [0.3, 0.4) is 0 Å². The van der Waals surface area contributed by atoms with Gasteiger partial charge in [-0.3, -0.25) is 4.55 Å². The second-order valence-corrected chi connectivity index (χ2v) is 6.48. The standard InChI is InChI=1S/C9H12O3S.C5H11NO/c1-6-4-7(2)9(8(3)5-6)13(10,11)12;1-6-2-4-7-5-3-6/h4-5H,1-3H3,(H,10,11,12);2-5H2,1H3. The van der Waals surface area contributed by atoms with Gasteiger partial charge < -0.3 is 9.64 Å². The van der Waals surface area contributed by atoms with Crippen molar-refractivity contribution in [1.82, 2.24) is 4.90 Å². The van der Waals surface area contributed by atoms with E-state index in [0.717, 1.165) is 31.9 Å². The first kappa shape index (κ1) is 17.1. The summed E-state index contributed by atoms with van der Waals surface area (Å²) in [6.07, 6.45) is 0. The number of aryl methyl sites for hydroxylation is 3. The normalized spacial score (nSPS) is 16.4. The highest BCUT2D eigenvalue weighted by atomic mass is 32.2. The number of hydrogen-bond acceptors (Lipinski definition) is 4. The summed E-state index contributed by atoms with van der Waals surface area (Å²) in [5, 5.41) is 0. The zero-order valence-corrected chi connectivity index (χ0v) is 13.3. The van der Waals surface area contributed by atoms with Crippen molar-refractivity contribution in [2.24, 2.45) is 0 Å². The van der Waals surface area contributed by atoms with Crippen molar-refractivity contribution < 1.29 is 17.7 Å². The Bertz CT molecular complexity index is 525. The highest BCUT2D eigenvalue weighted by molar-refractivity contribution is 7.86. The van der Waals surface area contributed by atoms with Gasteiger partial charge in [-0.25, -0.2) is 0 Å². The first-order valence-electron chi connectivity index (χ1n) is 6.53. The lowest BCUT2D eigenvalue weighted by molar-refractivity contribution is 0.0503. The Morgan fingerprint density at radius 2 is 1.55 bits per heavy atom. The van der Waals surface area contributed by atoms with Crippen LogP contribution in [0.2, 0.25) is 0 Å². The maximum atomic E-state index is 10.9. The van der Waals surface area contributed by atoms with E-state index in [1.807, 2.05) is 6.92 Å².